The van der Waals surface area contributed by atoms with E-state index in [-0.39, 0.29) is 11.8 Å². The highest BCUT2D eigenvalue weighted by atomic mass is 16.2. The van der Waals surface area contributed by atoms with E-state index in [4.69, 9.17) is 5.26 Å². The number of carbonyl (C=O) groups excluding carboxylic acids is 1. The van der Waals surface area contributed by atoms with Crippen molar-refractivity contribution in [3.05, 3.63) is 0 Å². The first-order chi connectivity index (χ1) is 6.77. The average Bonchev–Trinajstić information content (AvgIpc) is 2.26. The van der Waals surface area contributed by atoms with Gasteiger partial charge >= 0.3 is 0 Å². The Morgan fingerprint density at radius 2 is 2.14 bits per heavy atom. The van der Waals surface area contributed by atoms with Gasteiger partial charge in [-0.1, -0.05) is 13.3 Å². The van der Waals surface area contributed by atoms with Gasteiger partial charge in [0.05, 0.1) is 6.07 Å². The van der Waals surface area contributed by atoms with E-state index in [2.05, 4.69) is 13.0 Å². The number of unbranched alkanes of at least 4 members (excludes halogenated alkanes) is 1. The maximum Gasteiger partial charge on any atom is 0.222 e. The van der Waals surface area contributed by atoms with E-state index < -0.39 is 0 Å². The molecule has 1 aliphatic heterocycles. The first kappa shape index (κ1) is 11.0. The molecule has 14 heavy (non-hydrogen) atoms. The second-order valence-electron chi connectivity index (χ2n) is 3.89. The molecule has 3 nitrogen and oxygen atoms in total. The molecule has 0 aliphatic carbocycles. The van der Waals surface area contributed by atoms with Crippen molar-refractivity contribution in [2.45, 2.75) is 39.0 Å². The monoisotopic (exact) mass is 194 g/mol. The first-order valence-corrected chi connectivity index (χ1v) is 5.45. The molecule has 0 radical (unpaired) electrons. The fourth-order valence-electron chi connectivity index (χ4n) is 1.74. The topological polar surface area (TPSA) is 44.1 Å². The van der Waals surface area contributed by atoms with Gasteiger partial charge in [-0.05, 0) is 19.3 Å². The molecule has 3 heteroatoms. The van der Waals surface area contributed by atoms with E-state index in [1.165, 1.54) is 0 Å². The number of hydrogen-bond donors (Lipinski definition) is 0. The van der Waals surface area contributed by atoms with Gasteiger partial charge in [-0.2, -0.15) is 5.26 Å². The predicted octanol–water partition coefficient (Wildman–Crippen LogP) is 1.94. The van der Waals surface area contributed by atoms with Gasteiger partial charge in [-0.25, -0.2) is 0 Å². The van der Waals surface area contributed by atoms with Crippen LogP contribution in [0.15, 0.2) is 0 Å². The number of amides is 1. The van der Waals surface area contributed by atoms with Crippen LogP contribution < -0.4 is 0 Å². The second-order valence-corrected chi connectivity index (χ2v) is 3.89. The van der Waals surface area contributed by atoms with Crippen molar-refractivity contribution in [3.8, 4) is 6.07 Å². The molecule has 0 unspecified atom stereocenters. The van der Waals surface area contributed by atoms with Gasteiger partial charge in [-0.3, -0.25) is 4.79 Å². The summed E-state index contributed by atoms with van der Waals surface area (Å²) >= 11 is 0. The lowest BCUT2D eigenvalue weighted by molar-refractivity contribution is -0.132. The molecule has 1 saturated heterocycles. The molecule has 0 saturated carbocycles. The van der Waals surface area contributed by atoms with E-state index >= 15 is 0 Å². The van der Waals surface area contributed by atoms with Crippen LogP contribution in [0.3, 0.4) is 0 Å². The molecular weight excluding hydrogens is 176 g/mol. The molecule has 0 N–H and O–H groups in total. The van der Waals surface area contributed by atoms with Gasteiger partial charge in [0.25, 0.3) is 0 Å². The number of hydrogen-bond acceptors (Lipinski definition) is 2. The Balaban J connectivity index is 2.27. The molecule has 1 heterocycles. The van der Waals surface area contributed by atoms with Gasteiger partial charge < -0.3 is 4.90 Å². The molecule has 0 atom stereocenters. The van der Waals surface area contributed by atoms with Gasteiger partial charge in [0.2, 0.25) is 5.91 Å². The van der Waals surface area contributed by atoms with Crippen molar-refractivity contribution in [3.63, 3.8) is 0 Å². The predicted molar refractivity (Wildman–Crippen MR) is 54.4 cm³/mol. The SMILES string of the molecule is CCCCC(=O)N1CCC(C#N)CC1. The Kier molecular flexibility index (Phi) is 4.45. The third kappa shape index (κ3) is 3.02. The summed E-state index contributed by atoms with van der Waals surface area (Å²) in [5.41, 5.74) is 0. The highest BCUT2D eigenvalue weighted by Crippen LogP contribution is 2.17. The Hall–Kier alpha value is -1.04. The smallest absolute Gasteiger partial charge is 0.222 e. The van der Waals surface area contributed by atoms with E-state index in [9.17, 15) is 4.79 Å². The van der Waals surface area contributed by atoms with E-state index in [1.54, 1.807) is 0 Å². The molecule has 0 aromatic carbocycles. The maximum absolute atomic E-state index is 11.6. The maximum atomic E-state index is 11.6. The summed E-state index contributed by atoms with van der Waals surface area (Å²) in [7, 11) is 0. The van der Waals surface area contributed by atoms with Crippen LogP contribution in [0.1, 0.15) is 39.0 Å². The fourth-order valence-corrected chi connectivity index (χ4v) is 1.74. The third-order valence-corrected chi connectivity index (χ3v) is 2.77. The van der Waals surface area contributed by atoms with Gasteiger partial charge in [0, 0.05) is 25.4 Å². The molecule has 0 aromatic heterocycles. The Labute approximate surface area is 85.7 Å². The van der Waals surface area contributed by atoms with Gasteiger partial charge in [0.15, 0.2) is 0 Å². The summed E-state index contributed by atoms with van der Waals surface area (Å²) in [5, 5.41) is 8.70. The zero-order valence-electron chi connectivity index (χ0n) is 8.83. The molecule has 0 bridgehead atoms. The summed E-state index contributed by atoms with van der Waals surface area (Å²) < 4.78 is 0. The number of rotatable bonds is 3. The summed E-state index contributed by atoms with van der Waals surface area (Å²) in [5.74, 6) is 0.438. The summed E-state index contributed by atoms with van der Waals surface area (Å²) in [6.45, 7) is 3.65. The molecule has 1 amide bonds. The highest BCUT2D eigenvalue weighted by molar-refractivity contribution is 5.76. The van der Waals surface area contributed by atoms with Crippen LogP contribution in [0.2, 0.25) is 0 Å². The molecule has 1 aliphatic rings. The lowest BCUT2D eigenvalue weighted by atomic mass is 9.98. The van der Waals surface area contributed by atoms with Gasteiger partial charge in [-0.15, -0.1) is 0 Å². The van der Waals surface area contributed by atoms with Crippen LogP contribution in [-0.4, -0.2) is 23.9 Å². The highest BCUT2D eigenvalue weighted by Gasteiger charge is 2.21. The van der Waals surface area contributed by atoms with Crippen molar-refractivity contribution in [1.82, 2.24) is 4.90 Å². The average molecular weight is 194 g/mol. The number of piperidine rings is 1. The van der Waals surface area contributed by atoms with Gasteiger partial charge in [0.1, 0.15) is 0 Å². The zero-order chi connectivity index (χ0) is 10.4. The van der Waals surface area contributed by atoms with Crippen LogP contribution in [0.5, 0.6) is 0 Å². The number of nitrogens with zero attached hydrogens (tertiary/aromatic N) is 2. The molecule has 0 aromatic rings. The van der Waals surface area contributed by atoms with Crippen molar-refractivity contribution in [2.24, 2.45) is 5.92 Å². The quantitative estimate of drug-likeness (QED) is 0.689. The molecule has 0 spiro atoms. The Morgan fingerprint density at radius 3 is 2.64 bits per heavy atom. The van der Waals surface area contributed by atoms with Crippen molar-refractivity contribution < 1.29 is 4.79 Å². The summed E-state index contributed by atoms with van der Waals surface area (Å²) in [6.07, 6.45) is 4.44. The number of carbonyl (C=O) groups is 1. The normalized spacial score (nSPS) is 17.9. The molecule has 1 fully saturated rings. The Bertz CT molecular complexity index is 224. The fraction of sp³-hybridized carbons (Fsp3) is 0.818. The van der Waals surface area contributed by atoms with E-state index in [0.29, 0.717) is 6.42 Å². The third-order valence-electron chi connectivity index (χ3n) is 2.77. The number of nitriles is 1. The van der Waals surface area contributed by atoms with Crippen LogP contribution >= 0.6 is 0 Å². The number of likely N-dealkylation sites (tertiary alicyclic amines) is 1. The van der Waals surface area contributed by atoms with Crippen LogP contribution in [0.25, 0.3) is 0 Å². The molecule has 78 valence electrons. The summed E-state index contributed by atoms with van der Waals surface area (Å²) in [6, 6.07) is 2.27. The largest absolute Gasteiger partial charge is 0.343 e. The lowest BCUT2D eigenvalue weighted by Crippen LogP contribution is -2.38. The second kappa shape index (κ2) is 5.64. The van der Waals surface area contributed by atoms with E-state index in [0.717, 1.165) is 38.8 Å². The van der Waals surface area contributed by atoms with Crippen molar-refractivity contribution in [1.29, 1.82) is 5.26 Å². The van der Waals surface area contributed by atoms with Crippen molar-refractivity contribution >= 4 is 5.91 Å². The van der Waals surface area contributed by atoms with Crippen LogP contribution in [-0.2, 0) is 4.79 Å². The lowest BCUT2D eigenvalue weighted by Gasteiger charge is -2.29. The van der Waals surface area contributed by atoms with Crippen molar-refractivity contribution in [2.75, 3.05) is 13.1 Å². The van der Waals surface area contributed by atoms with Crippen LogP contribution in [0, 0.1) is 17.2 Å². The molecular formula is C11H18N2O. The minimum Gasteiger partial charge on any atom is -0.343 e. The summed E-state index contributed by atoms with van der Waals surface area (Å²) in [4.78, 5) is 13.5. The van der Waals surface area contributed by atoms with Crippen LogP contribution in [0.4, 0.5) is 0 Å². The first-order valence-electron chi connectivity index (χ1n) is 5.45. The molecule has 1 rings (SSSR count). The zero-order valence-corrected chi connectivity index (χ0v) is 8.83. The minimum absolute atomic E-state index is 0.172. The standard InChI is InChI=1S/C11H18N2O/c1-2-3-4-11(14)13-7-5-10(9-12)6-8-13/h10H,2-8H2,1H3. The minimum atomic E-state index is 0.172. The van der Waals surface area contributed by atoms with E-state index in [1.807, 2.05) is 4.90 Å². The Morgan fingerprint density at radius 1 is 1.50 bits per heavy atom.